The number of carbonyl (C=O) groups is 1. The highest BCUT2D eigenvalue weighted by Gasteiger charge is 2.25. The van der Waals surface area contributed by atoms with Gasteiger partial charge in [0.25, 0.3) is 0 Å². The first-order chi connectivity index (χ1) is 12.5. The average molecular weight is 409 g/mol. The summed E-state index contributed by atoms with van der Waals surface area (Å²) in [5, 5.41) is 8.18. The molecule has 7 heteroatoms. The molecule has 0 saturated heterocycles. The molecule has 26 heavy (non-hydrogen) atoms. The van der Waals surface area contributed by atoms with E-state index in [0.717, 1.165) is 47.5 Å². The molecule has 1 aromatic carbocycles. The van der Waals surface area contributed by atoms with Crippen LogP contribution >= 0.6 is 35.2 Å². The van der Waals surface area contributed by atoms with Gasteiger partial charge in [0.1, 0.15) is 5.00 Å². The Hall–Kier alpha value is -1.63. The van der Waals surface area contributed by atoms with Crippen LogP contribution in [0.25, 0.3) is 0 Å². The van der Waals surface area contributed by atoms with Gasteiger partial charge in [0.05, 0.1) is 12.7 Å². The lowest BCUT2D eigenvalue weighted by molar-refractivity contribution is 0.0601. The monoisotopic (exact) mass is 408 g/mol. The first-order valence-electron chi connectivity index (χ1n) is 8.56. The van der Waals surface area contributed by atoms with Crippen LogP contribution in [0.3, 0.4) is 0 Å². The third-order valence-electron chi connectivity index (χ3n) is 4.49. The van der Waals surface area contributed by atoms with Crippen molar-refractivity contribution in [2.24, 2.45) is 0 Å². The zero-order chi connectivity index (χ0) is 18.7. The second-order valence-corrected chi connectivity index (χ2v) is 8.25. The summed E-state index contributed by atoms with van der Waals surface area (Å²) in [6, 6.07) is 5.60. The molecule has 3 rings (SSSR count). The second-order valence-electron chi connectivity index (χ2n) is 6.30. The number of rotatable bonds is 3. The fourth-order valence-electron chi connectivity index (χ4n) is 3.13. The van der Waals surface area contributed by atoms with Crippen molar-refractivity contribution < 1.29 is 9.53 Å². The minimum absolute atomic E-state index is 0.311. The molecule has 0 radical (unpaired) electrons. The molecule has 0 bridgehead atoms. The van der Waals surface area contributed by atoms with E-state index in [4.69, 9.17) is 28.6 Å². The van der Waals surface area contributed by atoms with Crippen molar-refractivity contribution in [3.8, 4) is 0 Å². The van der Waals surface area contributed by atoms with Crippen LogP contribution in [-0.4, -0.2) is 18.2 Å². The number of benzene rings is 1. The summed E-state index contributed by atoms with van der Waals surface area (Å²) in [6.45, 7) is 1.98. The van der Waals surface area contributed by atoms with Crippen molar-refractivity contribution in [2.75, 3.05) is 17.7 Å². The SMILES string of the molecule is COC(=O)c1c(NC(=S)Nc2cc(Cl)ccc2C)sc2c1CCCCC2. The zero-order valence-electron chi connectivity index (χ0n) is 14.8. The number of thiophene rings is 1. The maximum atomic E-state index is 12.4. The van der Waals surface area contributed by atoms with E-state index in [-0.39, 0.29) is 5.97 Å². The summed E-state index contributed by atoms with van der Waals surface area (Å²) in [4.78, 5) is 13.6. The average Bonchev–Trinajstić information content (AvgIpc) is 2.78. The molecule has 1 aliphatic rings. The zero-order valence-corrected chi connectivity index (χ0v) is 17.2. The molecule has 0 unspecified atom stereocenters. The standard InChI is InChI=1S/C19H21ClN2O2S2/c1-11-8-9-12(20)10-14(11)21-19(25)22-17-16(18(23)24-2)13-6-4-3-5-7-15(13)26-17/h8-10H,3-7H2,1-2H3,(H2,21,22,25). The van der Waals surface area contributed by atoms with Gasteiger partial charge in [-0.1, -0.05) is 24.1 Å². The lowest BCUT2D eigenvalue weighted by Crippen LogP contribution is -2.20. The van der Waals surface area contributed by atoms with E-state index in [1.807, 2.05) is 25.1 Å². The van der Waals surface area contributed by atoms with E-state index in [1.165, 1.54) is 18.4 Å². The van der Waals surface area contributed by atoms with Gasteiger partial charge in [0.2, 0.25) is 0 Å². The van der Waals surface area contributed by atoms with Crippen LogP contribution in [0.15, 0.2) is 18.2 Å². The Morgan fingerprint density at radius 2 is 2.00 bits per heavy atom. The van der Waals surface area contributed by atoms with Crippen molar-refractivity contribution in [3.05, 3.63) is 44.8 Å². The molecule has 2 aromatic rings. The Bertz CT molecular complexity index is 848. The van der Waals surface area contributed by atoms with E-state index in [9.17, 15) is 4.79 Å². The topological polar surface area (TPSA) is 50.4 Å². The van der Waals surface area contributed by atoms with Crippen molar-refractivity contribution in [1.29, 1.82) is 0 Å². The lowest BCUT2D eigenvalue weighted by Gasteiger charge is -2.13. The van der Waals surface area contributed by atoms with Gasteiger partial charge in [-0.25, -0.2) is 4.79 Å². The van der Waals surface area contributed by atoms with E-state index in [2.05, 4.69) is 10.6 Å². The number of aryl methyl sites for hydroxylation is 2. The molecule has 0 atom stereocenters. The van der Waals surface area contributed by atoms with Crippen LogP contribution in [0, 0.1) is 6.92 Å². The van der Waals surface area contributed by atoms with Crippen molar-refractivity contribution >= 4 is 56.9 Å². The normalized spacial score (nSPS) is 13.5. The molecule has 1 aliphatic carbocycles. The molecule has 1 heterocycles. The molecular formula is C19H21ClN2O2S2. The molecule has 0 amide bonds. The van der Waals surface area contributed by atoms with Gasteiger partial charge in [-0.2, -0.15) is 0 Å². The predicted octanol–water partition coefficient (Wildman–Crippen LogP) is 5.57. The fourth-order valence-corrected chi connectivity index (χ4v) is 4.86. The highest BCUT2D eigenvalue weighted by Crippen LogP contribution is 2.38. The highest BCUT2D eigenvalue weighted by molar-refractivity contribution is 7.80. The summed E-state index contributed by atoms with van der Waals surface area (Å²) >= 11 is 13.1. The molecule has 0 spiro atoms. The van der Waals surface area contributed by atoms with Gasteiger partial charge >= 0.3 is 5.97 Å². The summed E-state index contributed by atoms with van der Waals surface area (Å²) in [6.07, 6.45) is 5.35. The number of nitrogens with one attached hydrogen (secondary N) is 2. The van der Waals surface area contributed by atoms with Crippen LogP contribution in [0.1, 0.15) is 45.6 Å². The van der Waals surface area contributed by atoms with Crippen molar-refractivity contribution in [1.82, 2.24) is 0 Å². The number of anilines is 2. The van der Waals surface area contributed by atoms with Crippen LogP contribution < -0.4 is 10.6 Å². The van der Waals surface area contributed by atoms with Gasteiger partial charge in [0.15, 0.2) is 5.11 Å². The first-order valence-corrected chi connectivity index (χ1v) is 10.2. The minimum Gasteiger partial charge on any atom is -0.465 e. The summed E-state index contributed by atoms with van der Waals surface area (Å²) < 4.78 is 5.02. The first kappa shape index (κ1) is 19.1. The summed E-state index contributed by atoms with van der Waals surface area (Å²) in [5.41, 5.74) is 3.62. The van der Waals surface area contributed by atoms with E-state index < -0.39 is 0 Å². The van der Waals surface area contributed by atoms with E-state index in [0.29, 0.717) is 15.7 Å². The van der Waals surface area contributed by atoms with Gasteiger partial charge in [-0.05, 0) is 68.1 Å². The molecule has 1 aromatic heterocycles. The number of ether oxygens (including phenoxy) is 1. The van der Waals surface area contributed by atoms with E-state index in [1.54, 1.807) is 11.3 Å². The Balaban J connectivity index is 1.85. The summed E-state index contributed by atoms with van der Waals surface area (Å²) in [5.74, 6) is -0.311. The Morgan fingerprint density at radius 3 is 2.77 bits per heavy atom. The lowest BCUT2D eigenvalue weighted by atomic mass is 10.1. The second kappa shape index (κ2) is 8.37. The van der Waals surface area contributed by atoms with Crippen LogP contribution in [0.5, 0.6) is 0 Å². The number of halogens is 1. The molecule has 138 valence electrons. The number of thiocarbonyl (C=S) groups is 1. The molecule has 4 nitrogen and oxygen atoms in total. The number of hydrogen-bond acceptors (Lipinski definition) is 4. The molecule has 2 N–H and O–H groups in total. The Labute approximate surface area is 167 Å². The molecular weight excluding hydrogens is 388 g/mol. The minimum atomic E-state index is -0.311. The third kappa shape index (κ3) is 4.19. The Morgan fingerprint density at radius 1 is 1.23 bits per heavy atom. The number of fused-ring (bicyclic) bond motifs is 1. The largest absolute Gasteiger partial charge is 0.465 e. The van der Waals surface area contributed by atoms with Crippen LogP contribution in [-0.2, 0) is 17.6 Å². The van der Waals surface area contributed by atoms with Crippen molar-refractivity contribution in [3.63, 3.8) is 0 Å². The number of hydrogen-bond donors (Lipinski definition) is 2. The number of carbonyl (C=O) groups excluding carboxylic acids is 1. The van der Waals surface area contributed by atoms with Gasteiger partial charge < -0.3 is 15.4 Å². The van der Waals surface area contributed by atoms with Crippen LogP contribution in [0.4, 0.5) is 10.7 Å². The fraction of sp³-hybridized carbons (Fsp3) is 0.368. The maximum Gasteiger partial charge on any atom is 0.341 e. The highest BCUT2D eigenvalue weighted by atomic mass is 35.5. The maximum absolute atomic E-state index is 12.4. The van der Waals surface area contributed by atoms with Gasteiger partial charge in [0, 0.05) is 15.6 Å². The van der Waals surface area contributed by atoms with Crippen molar-refractivity contribution in [2.45, 2.75) is 39.0 Å². The van der Waals surface area contributed by atoms with Gasteiger partial charge in [-0.3, -0.25) is 0 Å². The summed E-state index contributed by atoms with van der Waals surface area (Å²) in [7, 11) is 1.42. The molecule has 0 saturated carbocycles. The predicted molar refractivity (Wildman–Crippen MR) is 113 cm³/mol. The molecule has 0 aliphatic heterocycles. The van der Waals surface area contributed by atoms with E-state index >= 15 is 0 Å². The smallest absolute Gasteiger partial charge is 0.341 e. The third-order valence-corrected chi connectivity index (χ3v) is 6.13. The quantitative estimate of drug-likeness (QED) is 0.394. The van der Waals surface area contributed by atoms with Crippen LogP contribution in [0.2, 0.25) is 5.02 Å². The Kier molecular flexibility index (Phi) is 6.16. The number of esters is 1. The number of methoxy groups -OCH3 is 1. The molecule has 0 fully saturated rings. The van der Waals surface area contributed by atoms with Gasteiger partial charge in [-0.15, -0.1) is 11.3 Å².